The Morgan fingerprint density at radius 1 is 0.955 bits per heavy atom. The van der Waals surface area contributed by atoms with Gasteiger partial charge in [0.15, 0.2) is 5.82 Å². The van der Waals surface area contributed by atoms with Crippen molar-refractivity contribution in [2.45, 2.75) is 64.9 Å². The molecule has 44 heavy (non-hydrogen) atoms. The number of benzene rings is 3. The van der Waals surface area contributed by atoms with E-state index in [1.165, 1.54) is 0 Å². The summed E-state index contributed by atoms with van der Waals surface area (Å²) in [6.07, 6.45) is 4.31. The highest BCUT2D eigenvalue weighted by Gasteiger charge is 2.24. The molecule has 6 rings (SSSR count). The van der Waals surface area contributed by atoms with Gasteiger partial charge in [-0.3, -0.25) is 23.7 Å². The molecule has 5 aromatic rings. The number of H-pyrrole nitrogens is 1. The van der Waals surface area contributed by atoms with Crippen molar-refractivity contribution in [3.05, 3.63) is 116 Å². The van der Waals surface area contributed by atoms with E-state index in [2.05, 4.69) is 17.1 Å². The molecule has 1 atom stereocenters. The summed E-state index contributed by atoms with van der Waals surface area (Å²) in [6.45, 7) is 4.10. The van der Waals surface area contributed by atoms with Crippen molar-refractivity contribution in [1.29, 1.82) is 0 Å². The first-order valence-electron chi connectivity index (χ1n) is 15.1. The van der Waals surface area contributed by atoms with Gasteiger partial charge in [0.2, 0.25) is 0 Å². The predicted molar refractivity (Wildman–Crippen MR) is 167 cm³/mol. The monoisotopic (exact) mass is 590 g/mol. The van der Waals surface area contributed by atoms with E-state index in [0.29, 0.717) is 49.2 Å². The van der Waals surface area contributed by atoms with Crippen LogP contribution in [0.25, 0.3) is 28.2 Å². The largest absolute Gasteiger partial charge is 0.490 e. The lowest BCUT2D eigenvalue weighted by molar-refractivity contribution is -0.117. The lowest BCUT2D eigenvalue weighted by Crippen LogP contribution is -2.29. The second kappa shape index (κ2) is 12.7. The standard InChI is InChI=1S/C35H34N4O5/c1-3-7-31-30(20-22-10-12-23(13-11-22)28-8-5-6-9-29(28)33-37-35(42)44-38-33)34(41)39(32(4-2)36-31)24-14-17-26(18-15-24)43-27-19-16-25(40)21-27/h5-6,8-15,17-18,27H,3-4,7,16,19-21H2,1-2H3,(H,37,38,42). The topological polar surface area (TPSA) is 120 Å². The van der Waals surface area contributed by atoms with Gasteiger partial charge in [-0.05, 0) is 53.8 Å². The maximum Gasteiger partial charge on any atom is 0.439 e. The molecule has 0 aliphatic heterocycles. The Morgan fingerprint density at radius 3 is 2.34 bits per heavy atom. The number of ether oxygens (including phenoxy) is 1. The third-order valence-corrected chi connectivity index (χ3v) is 8.00. The number of carbonyl (C=O) groups excluding carboxylic acids is 1. The van der Waals surface area contributed by atoms with Crippen molar-refractivity contribution in [2.75, 3.05) is 0 Å². The molecule has 0 radical (unpaired) electrons. The van der Waals surface area contributed by atoms with Gasteiger partial charge in [-0.1, -0.05) is 74.0 Å². The van der Waals surface area contributed by atoms with Gasteiger partial charge in [-0.2, -0.15) is 0 Å². The summed E-state index contributed by atoms with van der Waals surface area (Å²) in [5.74, 6) is 1.41. The summed E-state index contributed by atoms with van der Waals surface area (Å²) in [7, 11) is 0. The molecule has 0 saturated heterocycles. The number of carbonyl (C=O) groups is 1. The van der Waals surface area contributed by atoms with Crippen LogP contribution in [-0.2, 0) is 24.1 Å². The van der Waals surface area contributed by atoms with E-state index in [4.69, 9.17) is 14.2 Å². The quantitative estimate of drug-likeness (QED) is 0.217. The Labute approximate surface area is 254 Å². The summed E-state index contributed by atoms with van der Waals surface area (Å²) >= 11 is 0. The fourth-order valence-electron chi connectivity index (χ4n) is 5.81. The summed E-state index contributed by atoms with van der Waals surface area (Å²) in [4.78, 5) is 44.9. The van der Waals surface area contributed by atoms with Crippen LogP contribution in [0.1, 0.15) is 62.2 Å². The summed E-state index contributed by atoms with van der Waals surface area (Å²) in [5, 5.41) is 3.85. The second-order valence-corrected chi connectivity index (χ2v) is 11.1. The number of ketones is 1. The van der Waals surface area contributed by atoms with Crippen LogP contribution in [0.5, 0.6) is 5.75 Å². The Morgan fingerprint density at radius 2 is 1.70 bits per heavy atom. The van der Waals surface area contributed by atoms with Crippen LogP contribution in [0.3, 0.4) is 0 Å². The third-order valence-electron chi connectivity index (χ3n) is 8.00. The van der Waals surface area contributed by atoms with E-state index < -0.39 is 5.76 Å². The smallest absolute Gasteiger partial charge is 0.439 e. The van der Waals surface area contributed by atoms with Crippen LogP contribution in [0.2, 0.25) is 0 Å². The molecule has 9 heteroatoms. The van der Waals surface area contributed by atoms with E-state index in [-0.39, 0.29) is 17.4 Å². The average molecular weight is 591 g/mol. The Bertz CT molecular complexity index is 1900. The zero-order valence-corrected chi connectivity index (χ0v) is 24.8. The van der Waals surface area contributed by atoms with E-state index in [9.17, 15) is 14.4 Å². The maximum atomic E-state index is 14.2. The number of aromatic amines is 1. The fraction of sp³-hybridized carbons (Fsp3) is 0.286. The number of aromatic nitrogens is 4. The number of rotatable bonds is 10. The summed E-state index contributed by atoms with van der Waals surface area (Å²) in [6, 6.07) is 23.2. The highest BCUT2D eigenvalue weighted by atomic mass is 16.5. The van der Waals surface area contributed by atoms with Crippen LogP contribution >= 0.6 is 0 Å². The molecular weight excluding hydrogens is 556 g/mol. The average Bonchev–Trinajstić information content (AvgIpc) is 3.67. The number of hydrogen-bond acceptors (Lipinski definition) is 7. The Kier molecular flexibility index (Phi) is 8.36. The van der Waals surface area contributed by atoms with Gasteiger partial charge in [0.05, 0.1) is 11.4 Å². The molecule has 0 bridgehead atoms. The van der Waals surface area contributed by atoms with Gasteiger partial charge < -0.3 is 4.74 Å². The fourth-order valence-corrected chi connectivity index (χ4v) is 5.81. The molecule has 2 heterocycles. The van der Waals surface area contributed by atoms with E-state index in [0.717, 1.165) is 52.3 Å². The molecule has 0 amide bonds. The number of nitrogens with zero attached hydrogens (tertiary/aromatic N) is 3. The van der Waals surface area contributed by atoms with Crippen LogP contribution in [-0.4, -0.2) is 31.6 Å². The van der Waals surface area contributed by atoms with Gasteiger partial charge in [-0.15, -0.1) is 0 Å². The van der Waals surface area contributed by atoms with Crippen molar-refractivity contribution in [1.82, 2.24) is 19.7 Å². The predicted octanol–water partition coefficient (Wildman–Crippen LogP) is 5.85. The summed E-state index contributed by atoms with van der Waals surface area (Å²) in [5.41, 5.74) is 5.77. The molecule has 224 valence electrons. The first-order chi connectivity index (χ1) is 21.4. The van der Waals surface area contributed by atoms with Crippen molar-refractivity contribution in [3.8, 4) is 34.0 Å². The molecule has 9 nitrogen and oxygen atoms in total. The number of nitrogens with one attached hydrogen (secondary N) is 1. The van der Waals surface area contributed by atoms with Gasteiger partial charge in [0.25, 0.3) is 5.56 Å². The molecule has 1 unspecified atom stereocenters. The van der Waals surface area contributed by atoms with Crippen molar-refractivity contribution in [3.63, 3.8) is 0 Å². The minimum atomic E-state index is -0.604. The highest BCUT2D eigenvalue weighted by molar-refractivity contribution is 5.81. The molecule has 1 N–H and O–H groups in total. The number of aryl methyl sites for hydroxylation is 2. The number of hydrogen-bond donors (Lipinski definition) is 1. The lowest BCUT2D eigenvalue weighted by atomic mass is 9.96. The molecule has 0 spiro atoms. The lowest BCUT2D eigenvalue weighted by Gasteiger charge is -2.18. The molecule has 1 saturated carbocycles. The van der Waals surface area contributed by atoms with E-state index in [1.807, 2.05) is 79.7 Å². The van der Waals surface area contributed by atoms with Crippen molar-refractivity contribution >= 4 is 5.78 Å². The zero-order chi connectivity index (χ0) is 30.6. The third kappa shape index (κ3) is 6.04. The van der Waals surface area contributed by atoms with Gasteiger partial charge in [0, 0.05) is 36.8 Å². The van der Waals surface area contributed by atoms with Crippen molar-refractivity contribution in [2.24, 2.45) is 0 Å². The first-order valence-corrected chi connectivity index (χ1v) is 15.1. The zero-order valence-electron chi connectivity index (χ0n) is 24.8. The number of Topliss-reactive ketones (excluding diaryl/α,β-unsaturated/α-hetero) is 1. The van der Waals surface area contributed by atoms with Gasteiger partial charge in [-0.25, -0.2) is 9.78 Å². The normalized spacial score (nSPS) is 14.7. The summed E-state index contributed by atoms with van der Waals surface area (Å²) < 4.78 is 12.4. The first kappa shape index (κ1) is 29.0. The van der Waals surface area contributed by atoms with Crippen LogP contribution in [0.15, 0.2) is 86.9 Å². The maximum absolute atomic E-state index is 14.2. The molecule has 1 aliphatic rings. The highest BCUT2D eigenvalue weighted by Crippen LogP contribution is 2.30. The van der Waals surface area contributed by atoms with Gasteiger partial charge >= 0.3 is 5.76 Å². The second-order valence-electron chi connectivity index (χ2n) is 11.1. The minimum Gasteiger partial charge on any atom is -0.490 e. The molecule has 1 aliphatic carbocycles. The molecular formula is C35H34N4O5. The van der Waals surface area contributed by atoms with Crippen LogP contribution in [0, 0.1) is 0 Å². The Hall–Kier alpha value is -5.05. The van der Waals surface area contributed by atoms with E-state index in [1.54, 1.807) is 4.57 Å². The van der Waals surface area contributed by atoms with Gasteiger partial charge in [0.1, 0.15) is 23.5 Å². The minimum absolute atomic E-state index is 0.0697. The SMILES string of the molecule is CCCc1nc(CC)n(-c2ccc(OC3CCC(=O)C3)cc2)c(=O)c1Cc1ccc(-c2ccccc2-c2noc(=O)[nH]2)cc1. The molecule has 2 aromatic heterocycles. The van der Waals surface area contributed by atoms with Crippen LogP contribution < -0.4 is 16.1 Å². The van der Waals surface area contributed by atoms with Crippen LogP contribution in [0.4, 0.5) is 0 Å². The van der Waals surface area contributed by atoms with Crippen molar-refractivity contribution < 1.29 is 14.1 Å². The molecule has 1 fully saturated rings. The van der Waals surface area contributed by atoms with E-state index >= 15 is 0 Å². The Balaban J connectivity index is 1.31. The molecule has 3 aromatic carbocycles.